The number of fused-ring (bicyclic) bond motifs is 3. The molecule has 0 fully saturated rings. The molecule has 4 aromatic rings. The van der Waals surface area contributed by atoms with E-state index in [-0.39, 0.29) is 12.1 Å². The summed E-state index contributed by atoms with van der Waals surface area (Å²) in [4.78, 5) is 16.4. The average molecular weight is 473 g/mol. The van der Waals surface area contributed by atoms with Crippen molar-refractivity contribution in [2.75, 3.05) is 0 Å². The second kappa shape index (κ2) is 8.90. The van der Waals surface area contributed by atoms with Crippen molar-refractivity contribution in [3.63, 3.8) is 0 Å². The third-order valence-electron chi connectivity index (χ3n) is 6.21. The molecule has 36 heavy (non-hydrogen) atoms. The molecule has 0 spiro atoms. The zero-order valence-corrected chi connectivity index (χ0v) is 19.1. The molecule has 0 unspecified atom stereocenters. The van der Waals surface area contributed by atoms with Gasteiger partial charge in [-0.15, -0.1) is 0 Å². The van der Waals surface area contributed by atoms with Gasteiger partial charge in [-0.25, -0.2) is 4.68 Å². The summed E-state index contributed by atoms with van der Waals surface area (Å²) in [6, 6.07) is 25.4. The van der Waals surface area contributed by atoms with Crippen LogP contribution < -0.4 is 5.56 Å². The highest BCUT2D eigenvalue weighted by atomic mass is 16.1. The zero-order chi connectivity index (χ0) is 24.5. The van der Waals surface area contributed by atoms with E-state index in [0.29, 0.717) is 23.5 Å². The van der Waals surface area contributed by atoms with E-state index >= 15 is 0 Å². The summed E-state index contributed by atoms with van der Waals surface area (Å²) < 4.78 is 5.30. The number of benzene rings is 3. The van der Waals surface area contributed by atoms with Gasteiger partial charge in [-0.2, -0.15) is 14.9 Å². The summed E-state index contributed by atoms with van der Waals surface area (Å²) in [5.74, 6) is 0. The topological polar surface area (TPSA) is 106 Å². The van der Waals surface area contributed by atoms with Gasteiger partial charge in [0.2, 0.25) is 0 Å². The Morgan fingerprint density at radius 3 is 2.56 bits per heavy atom. The number of hydrogen-bond acceptors (Lipinski definition) is 4. The van der Waals surface area contributed by atoms with Crippen molar-refractivity contribution in [2.24, 2.45) is 5.11 Å². The number of azide groups is 1. The Labute approximate surface area is 205 Å². The molecule has 3 aromatic carbocycles. The molecule has 9 heteroatoms. The molecule has 2 aliphatic heterocycles. The summed E-state index contributed by atoms with van der Waals surface area (Å²) in [6.45, 7) is 0.728. The van der Waals surface area contributed by atoms with Crippen LogP contribution >= 0.6 is 0 Å². The van der Waals surface area contributed by atoms with Crippen LogP contribution in [0.1, 0.15) is 11.1 Å². The first-order chi connectivity index (χ1) is 17.7. The van der Waals surface area contributed by atoms with Crippen LogP contribution in [0.5, 0.6) is 0 Å². The molecule has 0 radical (unpaired) electrons. The predicted octanol–water partition coefficient (Wildman–Crippen LogP) is 5.34. The van der Waals surface area contributed by atoms with E-state index < -0.39 is 0 Å². The first-order valence-electron chi connectivity index (χ1n) is 11.4. The van der Waals surface area contributed by atoms with E-state index in [2.05, 4.69) is 31.8 Å². The fraction of sp³-hybridized carbons (Fsp3) is 0.0741. The molecule has 2 aliphatic rings. The maximum atomic E-state index is 13.6. The van der Waals surface area contributed by atoms with Gasteiger partial charge in [0.25, 0.3) is 5.56 Å². The first kappa shape index (κ1) is 21.4. The number of para-hydroxylation sites is 2. The number of rotatable bonds is 6. The lowest BCUT2D eigenvalue weighted by molar-refractivity contribution is 0.824. The van der Waals surface area contributed by atoms with Gasteiger partial charge in [0, 0.05) is 35.4 Å². The van der Waals surface area contributed by atoms with Crippen LogP contribution in [0.3, 0.4) is 0 Å². The minimum Gasteiger partial charge on any atom is -0.342 e. The van der Waals surface area contributed by atoms with Crippen LogP contribution in [0, 0.1) is 0 Å². The number of pyridine rings is 1. The van der Waals surface area contributed by atoms with Crippen molar-refractivity contribution in [1.29, 1.82) is 0 Å². The molecular weight excluding hydrogens is 452 g/mol. The van der Waals surface area contributed by atoms with Crippen molar-refractivity contribution >= 4 is 10.9 Å². The van der Waals surface area contributed by atoms with Crippen LogP contribution in [-0.4, -0.2) is 24.1 Å². The molecule has 0 N–H and O–H groups in total. The molecule has 0 bridgehead atoms. The molecule has 3 heterocycles. The van der Waals surface area contributed by atoms with Crippen molar-refractivity contribution in [3.05, 3.63) is 129 Å². The molecule has 0 saturated carbocycles. The van der Waals surface area contributed by atoms with Crippen LogP contribution in [0.15, 0.2) is 107 Å². The zero-order valence-electron chi connectivity index (χ0n) is 19.1. The van der Waals surface area contributed by atoms with Gasteiger partial charge in [-0.3, -0.25) is 4.79 Å². The predicted molar refractivity (Wildman–Crippen MR) is 137 cm³/mol. The number of aromatic nitrogens is 5. The molecule has 0 atom stereocenters. The molecule has 1 aromatic heterocycles. The van der Waals surface area contributed by atoms with Gasteiger partial charge in [-0.05, 0) is 47.0 Å². The average Bonchev–Trinajstić information content (AvgIpc) is 3.57. The Hall–Kier alpha value is -5.14. The Bertz CT molecular complexity index is 1760. The van der Waals surface area contributed by atoms with Crippen LogP contribution in [0.25, 0.3) is 44.0 Å². The highest BCUT2D eigenvalue weighted by molar-refractivity contribution is 5.93. The lowest BCUT2D eigenvalue weighted by atomic mass is 10.1. The fourth-order valence-corrected chi connectivity index (χ4v) is 4.51. The van der Waals surface area contributed by atoms with Gasteiger partial charge in [-0.1, -0.05) is 53.6 Å². The Morgan fingerprint density at radius 1 is 0.944 bits per heavy atom. The largest absolute Gasteiger partial charge is 0.342 e. The summed E-state index contributed by atoms with van der Waals surface area (Å²) in [5, 5.41) is 13.6. The fourth-order valence-electron chi connectivity index (χ4n) is 4.51. The van der Waals surface area contributed by atoms with Gasteiger partial charge in [0.1, 0.15) is 5.69 Å². The maximum absolute atomic E-state index is 13.6. The van der Waals surface area contributed by atoms with Gasteiger partial charge < -0.3 is 4.57 Å². The highest BCUT2D eigenvalue weighted by Crippen LogP contribution is 2.29. The Morgan fingerprint density at radius 2 is 1.75 bits per heavy atom. The standard InChI is InChI=1S/C27H20N8O/c28-32-29-16-20-6-1-3-8-24(20)35-27(36)23-18-33(25-9-4-2-7-22(25)26(23)31-35)17-19-10-12-21(13-11-19)34-15-5-14-30-34/h1-15,18H,16-17H2. The minimum atomic E-state index is -0.216. The van der Waals surface area contributed by atoms with Gasteiger partial charge >= 0.3 is 0 Å². The lowest BCUT2D eigenvalue weighted by Crippen LogP contribution is -2.16. The van der Waals surface area contributed by atoms with Crippen molar-refractivity contribution in [3.8, 4) is 22.6 Å². The first-order valence-corrected chi connectivity index (χ1v) is 11.4. The molecule has 0 saturated heterocycles. The van der Waals surface area contributed by atoms with E-state index in [4.69, 9.17) is 10.6 Å². The van der Waals surface area contributed by atoms with Crippen LogP contribution in [0.2, 0.25) is 0 Å². The maximum Gasteiger partial charge on any atom is 0.282 e. The smallest absolute Gasteiger partial charge is 0.282 e. The van der Waals surface area contributed by atoms with Crippen LogP contribution in [-0.2, 0) is 13.1 Å². The second-order valence-electron chi connectivity index (χ2n) is 8.39. The second-order valence-corrected chi connectivity index (χ2v) is 8.39. The van der Waals surface area contributed by atoms with Gasteiger partial charge in [0.05, 0.1) is 29.0 Å². The quantitative estimate of drug-likeness (QED) is 0.186. The summed E-state index contributed by atoms with van der Waals surface area (Å²) >= 11 is 0. The number of hydrogen-bond donors (Lipinski definition) is 0. The molecule has 6 rings (SSSR count). The monoisotopic (exact) mass is 472 g/mol. The van der Waals surface area contributed by atoms with E-state index in [1.54, 1.807) is 6.20 Å². The Kier molecular flexibility index (Phi) is 5.29. The van der Waals surface area contributed by atoms with E-state index in [0.717, 1.165) is 27.7 Å². The van der Waals surface area contributed by atoms with Gasteiger partial charge in [0.15, 0.2) is 0 Å². The normalized spacial score (nSPS) is 11.1. The SMILES string of the molecule is [N-]=[N+]=NCc1ccccc1-n1nc2c3ccccc3n(Cc3ccc(-n4cccn4)cc3)cc-2c1=O. The summed E-state index contributed by atoms with van der Waals surface area (Å²) in [5.41, 5.74) is 14.1. The number of nitrogens with zero attached hydrogens (tertiary/aromatic N) is 8. The van der Waals surface area contributed by atoms with Crippen LogP contribution in [0.4, 0.5) is 0 Å². The minimum absolute atomic E-state index is 0.137. The molecule has 9 nitrogen and oxygen atoms in total. The highest BCUT2D eigenvalue weighted by Gasteiger charge is 2.21. The lowest BCUT2D eigenvalue weighted by Gasteiger charge is -2.14. The molecule has 174 valence electrons. The molecule has 0 aliphatic carbocycles. The summed E-state index contributed by atoms with van der Waals surface area (Å²) in [7, 11) is 0. The Balaban J connectivity index is 1.47. The molecule has 0 amide bonds. The third kappa shape index (κ3) is 3.70. The van der Waals surface area contributed by atoms with E-state index in [9.17, 15) is 4.79 Å². The molecular formula is C27H20N8O. The summed E-state index contributed by atoms with van der Waals surface area (Å²) in [6.07, 6.45) is 5.53. The van der Waals surface area contributed by atoms with E-state index in [1.807, 2.05) is 83.8 Å². The van der Waals surface area contributed by atoms with Crippen molar-refractivity contribution in [1.82, 2.24) is 24.1 Å². The van der Waals surface area contributed by atoms with E-state index in [1.165, 1.54) is 4.68 Å². The van der Waals surface area contributed by atoms with Crippen molar-refractivity contribution in [2.45, 2.75) is 13.1 Å². The van der Waals surface area contributed by atoms with Crippen molar-refractivity contribution < 1.29 is 0 Å². The third-order valence-corrected chi connectivity index (χ3v) is 6.21.